The Hall–Kier alpha value is -2.81. The van der Waals surface area contributed by atoms with Gasteiger partial charge in [0.1, 0.15) is 11.4 Å². The highest BCUT2D eigenvalue weighted by atomic mass is 16.4. The van der Waals surface area contributed by atoms with E-state index in [0.29, 0.717) is 18.1 Å². The van der Waals surface area contributed by atoms with Crippen molar-refractivity contribution in [1.29, 1.82) is 5.26 Å². The molecular formula is C15H16N4O2. The van der Waals surface area contributed by atoms with Crippen LogP contribution in [0.3, 0.4) is 0 Å². The molecular weight excluding hydrogens is 268 g/mol. The van der Waals surface area contributed by atoms with E-state index >= 15 is 0 Å². The highest BCUT2D eigenvalue weighted by Gasteiger charge is 2.25. The normalized spacial score (nSPS) is 10.1. The van der Waals surface area contributed by atoms with Crippen molar-refractivity contribution in [2.24, 2.45) is 7.05 Å². The number of nitrogens with zero attached hydrogens (tertiary/aromatic N) is 4. The zero-order chi connectivity index (χ0) is 15.4. The summed E-state index contributed by atoms with van der Waals surface area (Å²) in [6.07, 6.45) is 0.290. The summed E-state index contributed by atoms with van der Waals surface area (Å²) in [5.41, 5.74) is 1.45. The van der Waals surface area contributed by atoms with Crippen molar-refractivity contribution in [3.8, 4) is 6.07 Å². The number of aryl methyl sites for hydroxylation is 2. The summed E-state index contributed by atoms with van der Waals surface area (Å²) in [7, 11) is 1.71. The number of anilines is 2. The maximum Gasteiger partial charge on any atom is 0.341 e. The molecule has 1 heterocycles. The number of para-hydroxylation sites is 1. The molecule has 0 fully saturated rings. The second-order valence-electron chi connectivity index (χ2n) is 4.61. The molecule has 0 amide bonds. The molecule has 6 nitrogen and oxygen atoms in total. The second kappa shape index (κ2) is 6.09. The lowest BCUT2D eigenvalue weighted by atomic mass is 10.2. The Balaban J connectivity index is 2.57. The molecule has 6 heteroatoms. The molecule has 1 aromatic carbocycles. The Bertz CT molecular complexity index is 686. The molecule has 21 heavy (non-hydrogen) atoms. The zero-order valence-electron chi connectivity index (χ0n) is 11.9. The second-order valence-corrected chi connectivity index (χ2v) is 4.61. The van der Waals surface area contributed by atoms with E-state index in [1.165, 1.54) is 0 Å². The molecule has 0 aliphatic rings. The van der Waals surface area contributed by atoms with Crippen LogP contribution in [0, 0.1) is 18.3 Å². The van der Waals surface area contributed by atoms with Gasteiger partial charge in [-0.1, -0.05) is 18.2 Å². The minimum absolute atomic E-state index is 0.166. The number of aromatic nitrogens is 2. The van der Waals surface area contributed by atoms with Crippen LogP contribution in [0.4, 0.5) is 11.5 Å². The van der Waals surface area contributed by atoms with Crippen molar-refractivity contribution in [2.75, 3.05) is 11.4 Å². The van der Waals surface area contributed by atoms with Crippen molar-refractivity contribution in [2.45, 2.75) is 13.3 Å². The number of rotatable bonds is 5. The fraction of sp³-hybridized carbons (Fsp3) is 0.267. The highest BCUT2D eigenvalue weighted by molar-refractivity contribution is 5.96. The number of carbonyl (C=O) groups is 1. The Kier molecular flexibility index (Phi) is 4.24. The third kappa shape index (κ3) is 2.87. The number of hydrogen-bond acceptors (Lipinski definition) is 4. The Labute approximate surface area is 122 Å². The molecule has 0 radical (unpaired) electrons. The first-order chi connectivity index (χ1) is 10.1. The first-order valence-electron chi connectivity index (χ1n) is 6.52. The van der Waals surface area contributed by atoms with Crippen molar-refractivity contribution in [3.63, 3.8) is 0 Å². The van der Waals surface area contributed by atoms with Gasteiger partial charge in [-0.05, 0) is 19.1 Å². The van der Waals surface area contributed by atoms with Crippen molar-refractivity contribution >= 4 is 17.5 Å². The lowest BCUT2D eigenvalue weighted by Gasteiger charge is -2.24. The van der Waals surface area contributed by atoms with Crippen LogP contribution < -0.4 is 4.90 Å². The van der Waals surface area contributed by atoms with Crippen LogP contribution in [0.1, 0.15) is 22.5 Å². The van der Waals surface area contributed by atoms with E-state index in [2.05, 4.69) is 11.2 Å². The molecule has 108 valence electrons. The number of nitriles is 1. The molecule has 2 rings (SSSR count). The molecule has 0 aliphatic heterocycles. The average molecular weight is 284 g/mol. The van der Waals surface area contributed by atoms with Crippen LogP contribution in [0.25, 0.3) is 0 Å². The molecule has 0 atom stereocenters. The van der Waals surface area contributed by atoms with Crippen LogP contribution in [0.2, 0.25) is 0 Å². The third-order valence-electron chi connectivity index (χ3n) is 3.18. The Morgan fingerprint density at radius 2 is 2.10 bits per heavy atom. The smallest absolute Gasteiger partial charge is 0.341 e. The molecule has 0 bridgehead atoms. The van der Waals surface area contributed by atoms with Gasteiger partial charge >= 0.3 is 5.97 Å². The molecule has 0 unspecified atom stereocenters. The third-order valence-corrected chi connectivity index (χ3v) is 3.18. The molecule has 1 aromatic heterocycles. The topological polar surface area (TPSA) is 82.2 Å². The average Bonchev–Trinajstić information content (AvgIpc) is 2.75. The van der Waals surface area contributed by atoms with Crippen molar-refractivity contribution < 1.29 is 9.90 Å². The fourth-order valence-corrected chi connectivity index (χ4v) is 2.33. The largest absolute Gasteiger partial charge is 0.477 e. The van der Waals surface area contributed by atoms with Gasteiger partial charge in [-0.15, -0.1) is 0 Å². The monoisotopic (exact) mass is 284 g/mol. The maximum atomic E-state index is 11.5. The van der Waals surface area contributed by atoms with Crippen LogP contribution >= 0.6 is 0 Å². The van der Waals surface area contributed by atoms with Gasteiger partial charge in [0.15, 0.2) is 0 Å². The zero-order valence-corrected chi connectivity index (χ0v) is 11.9. The Morgan fingerprint density at radius 3 is 2.67 bits per heavy atom. The Morgan fingerprint density at radius 1 is 1.43 bits per heavy atom. The lowest BCUT2D eigenvalue weighted by molar-refractivity contribution is 0.0697. The molecule has 2 aromatic rings. The van der Waals surface area contributed by atoms with E-state index in [0.717, 1.165) is 5.69 Å². The fourth-order valence-electron chi connectivity index (χ4n) is 2.33. The van der Waals surface area contributed by atoms with Gasteiger partial charge in [-0.25, -0.2) is 4.79 Å². The van der Waals surface area contributed by atoms with Crippen LogP contribution in [0.5, 0.6) is 0 Å². The van der Waals surface area contributed by atoms with E-state index in [4.69, 9.17) is 5.26 Å². The minimum Gasteiger partial charge on any atom is -0.477 e. The molecule has 0 saturated heterocycles. The van der Waals surface area contributed by atoms with Gasteiger partial charge in [0.25, 0.3) is 0 Å². The van der Waals surface area contributed by atoms with Gasteiger partial charge in [0.2, 0.25) is 0 Å². The SMILES string of the molecule is Cc1nn(C)c(N(CCC#N)c2ccccc2)c1C(=O)O. The molecule has 0 aliphatic carbocycles. The standard InChI is InChI=1S/C15H16N4O2/c1-11-13(15(20)21)14(18(2)17-11)19(10-6-9-16)12-7-4-3-5-8-12/h3-5,7-8H,6,10H2,1-2H3,(H,20,21). The summed E-state index contributed by atoms with van der Waals surface area (Å²) >= 11 is 0. The van der Waals surface area contributed by atoms with E-state index in [1.54, 1.807) is 18.7 Å². The quantitative estimate of drug-likeness (QED) is 0.912. The number of hydrogen-bond donors (Lipinski definition) is 1. The van der Waals surface area contributed by atoms with Crippen molar-refractivity contribution in [3.05, 3.63) is 41.6 Å². The van der Waals surface area contributed by atoms with Crippen LogP contribution in [-0.4, -0.2) is 27.4 Å². The lowest BCUT2D eigenvalue weighted by Crippen LogP contribution is -2.23. The molecule has 0 spiro atoms. The number of benzene rings is 1. The highest BCUT2D eigenvalue weighted by Crippen LogP contribution is 2.30. The molecule has 1 N–H and O–H groups in total. The first-order valence-corrected chi connectivity index (χ1v) is 6.52. The van der Waals surface area contributed by atoms with Gasteiger partial charge in [0, 0.05) is 19.3 Å². The predicted molar refractivity (Wildman–Crippen MR) is 78.6 cm³/mol. The summed E-state index contributed by atoms with van der Waals surface area (Å²) in [4.78, 5) is 13.3. The summed E-state index contributed by atoms with van der Waals surface area (Å²) in [5.74, 6) is -0.532. The van der Waals surface area contributed by atoms with Crippen molar-refractivity contribution in [1.82, 2.24) is 9.78 Å². The minimum atomic E-state index is -1.02. The summed E-state index contributed by atoms with van der Waals surface area (Å²) in [5, 5.41) is 22.5. The van der Waals surface area contributed by atoms with E-state index in [1.807, 2.05) is 35.2 Å². The summed E-state index contributed by atoms with van der Waals surface area (Å²) in [6, 6.07) is 11.5. The van der Waals surface area contributed by atoms with Gasteiger partial charge in [-0.3, -0.25) is 4.68 Å². The van der Waals surface area contributed by atoms with Gasteiger partial charge < -0.3 is 10.0 Å². The van der Waals surface area contributed by atoms with E-state index < -0.39 is 5.97 Å². The first kappa shape index (κ1) is 14.6. The number of carboxylic acid groups (broad SMARTS) is 1. The summed E-state index contributed by atoms with van der Waals surface area (Å²) in [6.45, 7) is 2.07. The number of carboxylic acids is 1. The predicted octanol–water partition coefficient (Wildman–Crippen LogP) is 2.48. The maximum absolute atomic E-state index is 11.5. The van der Waals surface area contributed by atoms with Crippen LogP contribution in [-0.2, 0) is 7.05 Å². The summed E-state index contributed by atoms with van der Waals surface area (Å²) < 4.78 is 1.54. The molecule has 0 saturated carbocycles. The van der Waals surface area contributed by atoms with E-state index in [-0.39, 0.29) is 12.0 Å². The van der Waals surface area contributed by atoms with Gasteiger partial charge in [-0.2, -0.15) is 10.4 Å². The van der Waals surface area contributed by atoms with Gasteiger partial charge in [0.05, 0.1) is 18.2 Å². The number of aromatic carboxylic acids is 1. The van der Waals surface area contributed by atoms with E-state index in [9.17, 15) is 9.90 Å². The van der Waals surface area contributed by atoms with Crippen LogP contribution in [0.15, 0.2) is 30.3 Å².